The van der Waals surface area contributed by atoms with Gasteiger partial charge in [-0.15, -0.1) is 36.8 Å². The Morgan fingerprint density at radius 2 is 1.41 bits per heavy atom. The first-order valence-corrected chi connectivity index (χ1v) is 15.3. The topological polar surface area (TPSA) is 0 Å². The minimum absolute atomic E-state index is 0. The number of hydrogen-bond donors (Lipinski definition) is 0. The van der Waals surface area contributed by atoms with Crippen LogP contribution in [-0.2, 0) is 30.7 Å². The van der Waals surface area contributed by atoms with E-state index in [0.29, 0.717) is 5.41 Å². The summed E-state index contributed by atoms with van der Waals surface area (Å²) in [5.74, 6) is 3.21. The molecule has 0 atom stereocenters. The molecule has 39 heavy (non-hydrogen) atoms. The van der Waals surface area contributed by atoms with Gasteiger partial charge < -0.3 is 0 Å². The zero-order valence-corrected chi connectivity index (χ0v) is 26.9. The summed E-state index contributed by atoms with van der Waals surface area (Å²) in [6.07, 6.45) is 19.6. The summed E-state index contributed by atoms with van der Waals surface area (Å²) >= 11 is 1.51. The maximum Gasteiger partial charge on any atom is -0.0253 e. The van der Waals surface area contributed by atoms with Crippen molar-refractivity contribution in [3.8, 4) is 11.1 Å². The minimum Gasteiger partial charge on any atom is -0.269 e. The first-order valence-electron chi connectivity index (χ1n) is 14.1. The van der Waals surface area contributed by atoms with Crippen LogP contribution < -0.4 is 0 Å². The number of benzene rings is 3. The zero-order valence-electron chi connectivity index (χ0n) is 22.8. The van der Waals surface area contributed by atoms with Crippen LogP contribution >= 0.6 is 24.8 Å². The van der Waals surface area contributed by atoms with Crippen LogP contribution in [0.25, 0.3) is 11.1 Å². The Bertz CT molecular complexity index is 1260. The molecule has 3 heteroatoms. The van der Waals surface area contributed by atoms with Crippen LogP contribution in [0, 0.1) is 35.3 Å². The molecule has 200 valence electrons. The summed E-state index contributed by atoms with van der Waals surface area (Å²) in [5.41, 5.74) is 9.08. The Labute approximate surface area is 262 Å². The molecule has 0 aromatic heterocycles. The van der Waals surface area contributed by atoms with Gasteiger partial charge in [0.05, 0.1) is 0 Å². The van der Waals surface area contributed by atoms with Crippen molar-refractivity contribution in [2.45, 2.75) is 58.3 Å². The molecule has 9 rings (SSSR count). The van der Waals surface area contributed by atoms with Crippen molar-refractivity contribution in [2.75, 3.05) is 0 Å². The fourth-order valence-electron chi connectivity index (χ4n) is 7.90. The summed E-state index contributed by atoms with van der Waals surface area (Å²) in [5, 5.41) is 0. The second-order valence-electron chi connectivity index (χ2n) is 11.8. The first kappa shape index (κ1) is 30.4. The predicted molar refractivity (Wildman–Crippen MR) is 165 cm³/mol. The van der Waals surface area contributed by atoms with Crippen molar-refractivity contribution in [3.05, 3.63) is 119 Å². The van der Waals surface area contributed by atoms with Gasteiger partial charge in [-0.25, -0.2) is 11.6 Å². The van der Waals surface area contributed by atoms with E-state index < -0.39 is 0 Å². The van der Waals surface area contributed by atoms with E-state index >= 15 is 0 Å². The number of allylic oxidation sites excluding steroid dienone is 4. The molecule has 4 bridgehead atoms. The summed E-state index contributed by atoms with van der Waals surface area (Å²) in [6.45, 7) is 2.16. The van der Waals surface area contributed by atoms with E-state index in [-0.39, 0.29) is 24.8 Å². The van der Waals surface area contributed by atoms with Gasteiger partial charge in [0.1, 0.15) is 0 Å². The molecule has 3 aromatic carbocycles. The van der Waals surface area contributed by atoms with E-state index in [2.05, 4.69) is 91.9 Å². The summed E-state index contributed by atoms with van der Waals surface area (Å²) in [4.78, 5) is 0. The molecule has 0 nitrogen and oxygen atoms in total. The van der Waals surface area contributed by atoms with Gasteiger partial charge in [0.15, 0.2) is 0 Å². The summed E-state index contributed by atoms with van der Waals surface area (Å²) in [7, 11) is 0. The number of hydrogen-bond acceptors (Lipinski definition) is 0. The van der Waals surface area contributed by atoms with Crippen LogP contribution in [0.15, 0.2) is 90.5 Å². The Kier molecular flexibility index (Phi) is 10.5. The zero-order chi connectivity index (χ0) is 25.2. The van der Waals surface area contributed by atoms with Gasteiger partial charge in [0.2, 0.25) is 0 Å². The third kappa shape index (κ3) is 6.69. The molecule has 0 saturated heterocycles. The van der Waals surface area contributed by atoms with Crippen LogP contribution in [0.4, 0.5) is 0 Å². The second kappa shape index (κ2) is 13.4. The molecule has 0 aliphatic heterocycles. The Morgan fingerprint density at radius 3 is 2.00 bits per heavy atom. The van der Waals surface area contributed by atoms with Gasteiger partial charge in [-0.1, -0.05) is 35.4 Å². The largest absolute Gasteiger partial charge is 0.269 e. The van der Waals surface area contributed by atoms with E-state index in [9.17, 15) is 0 Å². The van der Waals surface area contributed by atoms with E-state index in [1.54, 1.807) is 24.8 Å². The van der Waals surface area contributed by atoms with Gasteiger partial charge in [-0.3, -0.25) is 6.08 Å². The molecule has 0 amide bonds. The molecule has 0 unspecified atom stereocenters. The molecule has 0 N–H and O–H groups in total. The van der Waals surface area contributed by atoms with E-state index in [4.69, 9.17) is 0 Å². The van der Waals surface area contributed by atoms with Crippen molar-refractivity contribution in [3.63, 3.8) is 0 Å². The fourth-order valence-corrected chi connectivity index (χ4v) is 8.30. The van der Waals surface area contributed by atoms with E-state index in [1.165, 1.54) is 74.5 Å². The molecule has 3 aromatic rings. The molecule has 6 aliphatic rings. The maximum absolute atomic E-state index is 3.62. The van der Waals surface area contributed by atoms with Crippen LogP contribution in [-0.4, -0.2) is 3.21 Å². The molecule has 6 aliphatic carbocycles. The Balaban J connectivity index is 0.000000137. The van der Waals surface area contributed by atoms with Gasteiger partial charge in [0, 0.05) is 0 Å². The molecular formula is C36H38Cl2Zr. The molecule has 4 saturated carbocycles. The predicted octanol–water partition coefficient (Wildman–Crippen LogP) is 9.57. The van der Waals surface area contributed by atoms with Crippen LogP contribution in [0.5, 0.6) is 0 Å². The molecular weight excluding hydrogens is 595 g/mol. The third-order valence-electron chi connectivity index (χ3n) is 9.13. The Hall–Kier alpha value is -1.53. The maximum atomic E-state index is 3.62. The average Bonchev–Trinajstić information content (AvgIpc) is 3.58. The van der Waals surface area contributed by atoms with Crippen LogP contribution in [0.1, 0.15) is 68.6 Å². The fraction of sp³-hybridized carbons (Fsp3) is 0.361. The van der Waals surface area contributed by atoms with Crippen molar-refractivity contribution in [1.29, 1.82) is 0 Å². The van der Waals surface area contributed by atoms with Crippen molar-refractivity contribution >= 4 is 28.0 Å². The SMILES string of the molecule is C[C](=[Zr+2])c1ccccc1.Cl.Cl.[C-]1=C(C23CC4CC(CC(C4)C2)C3)C=CC1.[c-]1cccc2c1Cc1ccccc1-2. The first-order chi connectivity index (χ1) is 18.1. The van der Waals surface area contributed by atoms with Crippen molar-refractivity contribution in [1.82, 2.24) is 0 Å². The third-order valence-corrected chi connectivity index (χ3v) is 9.84. The standard InChI is InChI=1S/C15H19.C13H9.C8H8.2ClH.Zr/c1-2-4-14(3-1)15-8-11-5-12(9-15)7-13(6-11)10-15;1-3-7-12-10(5-1)9-11-6-2-4-8-13(11)12;1-2-8-6-4-3-5-7-8;;;/h1,3,11-13H,2,5-10H2;1-5,7-8H,9H2;3-7H,1H3;2*1H;/q2*-1;;;;+2. The summed E-state index contributed by atoms with van der Waals surface area (Å²) in [6, 6.07) is 28.6. The second-order valence-corrected chi connectivity index (χ2v) is 13.6. The van der Waals surface area contributed by atoms with Crippen molar-refractivity contribution in [2.24, 2.45) is 23.2 Å². The van der Waals surface area contributed by atoms with E-state index in [1.807, 2.05) is 12.1 Å². The quantitative estimate of drug-likeness (QED) is 0.193. The van der Waals surface area contributed by atoms with Gasteiger partial charge in [-0.2, -0.15) is 35.9 Å². The van der Waals surface area contributed by atoms with Gasteiger partial charge >= 0.3 is 70.3 Å². The number of fused-ring (bicyclic) bond motifs is 3. The summed E-state index contributed by atoms with van der Waals surface area (Å²) < 4.78 is 1.46. The Morgan fingerprint density at radius 1 is 0.795 bits per heavy atom. The van der Waals surface area contributed by atoms with Crippen molar-refractivity contribution < 1.29 is 24.2 Å². The monoisotopic (exact) mass is 630 g/mol. The molecule has 0 radical (unpaired) electrons. The molecule has 0 spiro atoms. The van der Waals surface area contributed by atoms with Crippen LogP contribution in [0.3, 0.4) is 0 Å². The molecule has 4 fully saturated rings. The number of rotatable bonds is 2. The number of halogens is 2. The normalized spacial score (nSPS) is 25.9. The average molecular weight is 633 g/mol. The molecule has 0 heterocycles. The van der Waals surface area contributed by atoms with Crippen LogP contribution in [0.2, 0.25) is 0 Å². The minimum atomic E-state index is 0. The van der Waals surface area contributed by atoms with E-state index in [0.717, 1.165) is 30.6 Å². The van der Waals surface area contributed by atoms with Gasteiger partial charge in [0.25, 0.3) is 0 Å². The van der Waals surface area contributed by atoms with Gasteiger partial charge in [-0.05, 0) is 68.1 Å². The smallest absolute Gasteiger partial charge is 0.0253 e.